The average Bonchev–Trinajstić information content (AvgIpc) is 2.89. The minimum absolute atomic E-state index is 0.174. The number of nitrogens with two attached hydrogens (primary N) is 1. The van der Waals surface area contributed by atoms with Crippen LogP contribution in [0.5, 0.6) is 0 Å². The summed E-state index contributed by atoms with van der Waals surface area (Å²) in [5.41, 5.74) is 4.38. The highest BCUT2D eigenvalue weighted by Crippen LogP contribution is 2.37. The molecule has 0 saturated carbocycles. The maximum absolute atomic E-state index is 12.1. The third kappa shape index (κ3) is 3.06. The van der Waals surface area contributed by atoms with E-state index < -0.39 is 10.2 Å². The molecule has 2 aromatic carbocycles. The van der Waals surface area contributed by atoms with Crippen molar-refractivity contribution in [2.45, 2.75) is 32.4 Å². The molecular formula is C17H20N2O2S. The highest BCUT2D eigenvalue weighted by Gasteiger charge is 2.33. The summed E-state index contributed by atoms with van der Waals surface area (Å²) in [7, 11) is -3.77. The summed E-state index contributed by atoms with van der Waals surface area (Å²) < 4.78 is 25.6. The fraction of sp³-hybridized carbons (Fsp3) is 0.294. The van der Waals surface area contributed by atoms with Crippen LogP contribution < -0.4 is 5.14 Å². The molecule has 4 nitrogen and oxygen atoms in total. The van der Waals surface area contributed by atoms with Gasteiger partial charge in [-0.15, -0.1) is 0 Å². The molecule has 1 unspecified atom stereocenters. The summed E-state index contributed by atoms with van der Waals surface area (Å²) in [5, 5.41) is 5.49. The van der Waals surface area contributed by atoms with E-state index in [0.29, 0.717) is 6.54 Å². The largest absolute Gasteiger partial charge is 0.277 e. The van der Waals surface area contributed by atoms with E-state index in [1.165, 1.54) is 9.87 Å². The van der Waals surface area contributed by atoms with Crippen LogP contribution in [0.2, 0.25) is 0 Å². The summed E-state index contributed by atoms with van der Waals surface area (Å²) in [6.45, 7) is 2.31. The molecule has 0 fully saturated rings. The van der Waals surface area contributed by atoms with Crippen LogP contribution in [0.25, 0.3) is 0 Å². The van der Waals surface area contributed by atoms with Crippen LogP contribution in [0.4, 0.5) is 0 Å². The number of hydrogen-bond acceptors (Lipinski definition) is 2. The summed E-state index contributed by atoms with van der Waals surface area (Å²) in [4.78, 5) is 0. The molecule has 2 N–H and O–H groups in total. The predicted octanol–water partition coefficient (Wildman–Crippen LogP) is 2.69. The van der Waals surface area contributed by atoms with E-state index in [1.807, 2.05) is 49.4 Å². The molecule has 0 aliphatic heterocycles. The lowest BCUT2D eigenvalue weighted by molar-refractivity contribution is 0.316. The normalized spacial score (nSPS) is 17.7. The van der Waals surface area contributed by atoms with Crippen molar-refractivity contribution in [1.82, 2.24) is 4.31 Å². The number of nitrogens with zero attached hydrogens (tertiary/aromatic N) is 1. The van der Waals surface area contributed by atoms with E-state index in [9.17, 15) is 8.42 Å². The molecule has 0 spiro atoms. The van der Waals surface area contributed by atoms with Gasteiger partial charge in [0.2, 0.25) is 0 Å². The Morgan fingerprint density at radius 3 is 2.50 bits per heavy atom. The van der Waals surface area contributed by atoms with E-state index in [2.05, 4.69) is 6.07 Å². The number of aryl methyl sites for hydroxylation is 2. The van der Waals surface area contributed by atoms with Gasteiger partial charge in [-0.05, 0) is 36.5 Å². The van der Waals surface area contributed by atoms with Crippen LogP contribution in [0.3, 0.4) is 0 Å². The summed E-state index contributed by atoms with van der Waals surface area (Å²) >= 11 is 0. The van der Waals surface area contributed by atoms with E-state index in [1.54, 1.807) is 0 Å². The molecule has 0 saturated heterocycles. The van der Waals surface area contributed by atoms with Crippen molar-refractivity contribution in [2.75, 3.05) is 0 Å². The second-order valence-corrected chi connectivity index (χ2v) is 7.33. The summed E-state index contributed by atoms with van der Waals surface area (Å²) in [5.74, 6) is 0. The molecule has 2 aromatic rings. The van der Waals surface area contributed by atoms with Crippen molar-refractivity contribution < 1.29 is 8.42 Å². The maximum atomic E-state index is 12.1. The molecule has 0 amide bonds. The Morgan fingerprint density at radius 2 is 1.82 bits per heavy atom. The SMILES string of the molecule is Cc1ccc(CN(C2CCc3ccccc32)S(N)(=O)=O)cc1. The number of fused-ring (bicyclic) bond motifs is 1. The minimum atomic E-state index is -3.77. The zero-order valence-electron chi connectivity index (χ0n) is 12.6. The third-order valence-corrected chi connectivity index (χ3v) is 5.27. The van der Waals surface area contributed by atoms with Gasteiger partial charge in [0, 0.05) is 6.54 Å². The Kier molecular flexibility index (Phi) is 4.04. The number of benzene rings is 2. The molecule has 3 rings (SSSR count). The Morgan fingerprint density at radius 1 is 1.14 bits per heavy atom. The first-order chi connectivity index (χ1) is 10.4. The number of hydrogen-bond donors (Lipinski definition) is 1. The van der Waals surface area contributed by atoms with Crippen molar-refractivity contribution >= 4 is 10.2 Å². The topological polar surface area (TPSA) is 63.4 Å². The van der Waals surface area contributed by atoms with Gasteiger partial charge in [-0.25, -0.2) is 5.14 Å². The second-order valence-electron chi connectivity index (χ2n) is 5.83. The number of rotatable bonds is 4. The van der Waals surface area contributed by atoms with Gasteiger partial charge in [-0.3, -0.25) is 0 Å². The van der Waals surface area contributed by atoms with Gasteiger partial charge in [0.25, 0.3) is 10.2 Å². The van der Waals surface area contributed by atoms with Gasteiger partial charge < -0.3 is 0 Å². The Balaban J connectivity index is 1.93. The van der Waals surface area contributed by atoms with Crippen LogP contribution >= 0.6 is 0 Å². The molecule has 1 atom stereocenters. The van der Waals surface area contributed by atoms with E-state index >= 15 is 0 Å². The highest BCUT2D eigenvalue weighted by molar-refractivity contribution is 7.86. The standard InChI is InChI=1S/C17H20N2O2S/c1-13-6-8-14(9-7-13)12-19(22(18,20)21)17-11-10-15-4-2-3-5-16(15)17/h2-9,17H,10-12H2,1H3,(H2,18,20,21). The Hall–Kier alpha value is -1.69. The minimum Gasteiger partial charge on any atom is -0.216 e. The van der Waals surface area contributed by atoms with Gasteiger partial charge in [0.1, 0.15) is 0 Å². The fourth-order valence-corrected chi connectivity index (χ4v) is 3.99. The predicted molar refractivity (Wildman–Crippen MR) is 87.3 cm³/mol. The molecule has 116 valence electrons. The lowest BCUT2D eigenvalue weighted by Crippen LogP contribution is -2.38. The summed E-state index contributed by atoms with van der Waals surface area (Å²) in [6.07, 6.45) is 1.67. The van der Waals surface area contributed by atoms with Crippen LogP contribution in [0.1, 0.15) is 34.7 Å². The smallest absolute Gasteiger partial charge is 0.216 e. The zero-order valence-corrected chi connectivity index (χ0v) is 13.4. The molecule has 5 heteroatoms. The van der Waals surface area contributed by atoms with Gasteiger partial charge in [-0.2, -0.15) is 12.7 Å². The first-order valence-corrected chi connectivity index (χ1v) is 8.88. The molecule has 0 radical (unpaired) electrons. The van der Waals surface area contributed by atoms with Crippen LogP contribution in [0, 0.1) is 6.92 Å². The van der Waals surface area contributed by atoms with Gasteiger partial charge >= 0.3 is 0 Å². The first kappa shape index (κ1) is 15.2. The van der Waals surface area contributed by atoms with Crippen molar-refractivity contribution in [1.29, 1.82) is 0 Å². The highest BCUT2D eigenvalue weighted by atomic mass is 32.2. The Labute approximate surface area is 131 Å². The van der Waals surface area contributed by atoms with Gasteiger partial charge in [-0.1, -0.05) is 54.1 Å². The lowest BCUT2D eigenvalue weighted by Gasteiger charge is -2.27. The fourth-order valence-electron chi connectivity index (χ4n) is 3.08. The molecular weight excluding hydrogens is 296 g/mol. The average molecular weight is 316 g/mol. The van der Waals surface area contributed by atoms with Gasteiger partial charge in [0.05, 0.1) is 6.04 Å². The molecule has 0 aromatic heterocycles. The molecule has 0 heterocycles. The first-order valence-electron chi connectivity index (χ1n) is 7.38. The van der Waals surface area contributed by atoms with Gasteiger partial charge in [0.15, 0.2) is 0 Å². The quantitative estimate of drug-likeness (QED) is 0.942. The van der Waals surface area contributed by atoms with Crippen molar-refractivity contribution in [2.24, 2.45) is 5.14 Å². The van der Waals surface area contributed by atoms with E-state index in [0.717, 1.165) is 29.5 Å². The monoisotopic (exact) mass is 316 g/mol. The lowest BCUT2D eigenvalue weighted by atomic mass is 10.1. The van der Waals surface area contributed by atoms with Crippen molar-refractivity contribution in [3.63, 3.8) is 0 Å². The summed E-state index contributed by atoms with van der Waals surface area (Å²) in [6, 6.07) is 15.7. The van der Waals surface area contributed by atoms with E-state index in [-0.39, 0.29) is 6.04 Å². The van der Waals surface area contributed by atoms with Crippen molar-refractivity contribution in [3.05, 3.63) is 70.8 Å². The molecule has 22 heavy (non-hydrogen) atoms. The second kappa shape index (κ2) is 5.83. The molecule has 1 aliphatic carbocycles. The molecule has 1 aliphatic rings. The zero-order chi connectivity index (χ0) is 15.7. The van der Waals surface area contributed by atoms with Crippen LogP contribution in [-0.2, 0) is 23.2 Å². The third-order valence-electron chi connectivity index (χ3n) is 4.23. The Bertz CT molecular complexity index is 770. The van der Waals surface area contributed by atoms with Crippen LogP contribution in [-0.4, -0.2) is 12.7 Å². The van der Waals surface area contributed by atoms with E-state index in [4.69, 9.17) is 5.14 Å². The van der Waals surface area contributed by atoms with Crippen LogP contribution in [0.15, 0.2) is 48.5 Å². The molecule has 0 bridgehead atoms. The van der Waals surface area contributed by atoms with Crippen molar-refractivity contribution in [3.8, 4) is 0 Å². The maximum Gasteiger partial charge on any atom is 0.277 e.